The zero-order valence-electron chi connectivity index (χ0n) is 11.4. The summed E-state index contributed by atoms with van der Waals surface area (Å²) >= 11 is 0. The highest BCUT2D eigenvalue weighted by atomic mass is 32.2. The fourth-order valence-electron chi connectivity index (χ4n) is 1.76. The van der Waals surface area contributed by atoms with Gasteiger partial charge in [-0.25, -0.2) is 17.5 Å². The van der Waals surface area contributed by atoms with Crippen LogP contribution in [0.25, 0.3) is 0 Å². The molecule has 0 aromatic heterocycles. The van der Waals surface area contributed by atoms with E-state index >= 15 is 0 Å². The predicted octanol–water partition coefficient (Wildman–Crippen LogP) is 1.82. The Bertz CT molecular complexity index is 529. The second-order valence-electron chi connectivity index (χ2n) is 5.04. The van der Waals surface area contributed by atoms with Crippen LogP contribution in [0.15, 0.2) is 23.1 Å². The molecule has 0 heterocycles. The lowest BCUT2D eigenvalue weighted by Crippen LogP contribution is -2.38. The van der Waals surface area contributed by atoms with E-state index in [1.807, 2.05) is 13.8 Å². The van der Waals surface area contributed by atoms with E-state index in [2.05, 4.69) is 4.72 Å². The van der Waals surface area contributed by atoms with Gasteiger partial charge in [0, 0.05) is 6.04 Å². The molecule has 0 aliphatic carbocycles. The zero-order valence-corrected chi connectivity index (χ0v) is 12.2. The summed E-state index contributed by atoms with van der Waals surface area (Å²) in [6, 6.07) is 3.20. The molecule has 4 nitrogen and oxygen atoms in total. The maximum absolute atomic E-state index is 13.4. The van der Waals surface area contributed by atoms with Crippen molar-refractivity contribution in [2.45, 2.75) is 38.1 Å². The van der Waals surface area contributed by atoms with Crippen molar-refractivity contribution in [2.75, 3.05) is 6.61 Å². The maximum Gasteiger partial charge on any atom is 0.241 e. The van der Waals surface area contributed by atoms with Crippen molar-refractivity contribution >= 4 is 10.0 Å². The smallest absolute Gasteiger partial charge is 0.241 e. The third-order valence-corrected chi connectivity index (χ3v) is 4.27. The standard InChI is InChI=1S/C13H20FNO3S/c1-9(2)6-11(8-16)15-19(17,18)12-5-4-10(3)13(14)7-12/h4-5,7,9,11,15-16H,6,8H2,1-3H3. The van der Waals surface area contributed by atoms with Crippen molar-refractivity contribution in [3.05, 3.63) is 29.6 Å². The quantitative estimate of drug-likeness (QED) is 0.839. The molecule has 6 heteroatoms. The fraction of sp³-hybridized carbons (Fsp3) is 0.538. The van der Waals surface area contributed by atoms with Gasteiger partial charge in [0.15, 0.2) is 0 Å². The molecule has 1 aromatic rings. The van der Waals surface area contributed by atoms with Crippen LogP contribution in [0.4, 0.5) is 4.39 Å². The SMILES string of the molecule is Cc1ccc(S(=O)(=O)NC(CO)CC(C)C)cc1F. The Labute approximate surface area is 113 Å². The average Bonchev–Trinajstić information content (AvgIpc) is 2.30. The molecule has 0 amide bonds. The van der Waals surface area contributed by atoms with Gasteiger partial charge >= 0.3 is 0 Å². The largest absolute Gasteiger partial charge is 0.395 e. The molecule has 19 heavy (non-hydrogen) atoms. The lowest BCUT2D eigenvalue weighted by Gasteiger charge is -2.18. The van der Waals surface area contributed by atoms with Crippen molar-refractivity contribution in [3.8, 4) is 0 Å². The van der Waals surface area contributed by atoms with E-state index in [9.17, 15) is 17.9 Å². The molecule has 2 N–H and O–H groups in total. The molecular weight excluding hydrogens is 269 g/mol. The van der Waals surface area contributed by atoms with Gasteiger partial charge in [0.1, 0.15) is 5.82 Å². The Balaban J connectivity index is 2.93. The van der Waals surface area contributed by atoms with E-state index < -0.39 is 21.9 Å². The van der Waals surface area contributed by atoms with Crippen LogP contribution >= 0.6 is 0 Å². The van der Waals surface area contributed by atoms with Crippen molar-refractivity contribution < 1.29 is 17.9 Å². The van der Waals surface area contributed by atoms with E-state index in [1.165, 1.54) is 12.1 Å². The Morgan fingerprint density at radius 1 is 1.37 bits per heavy atom. The van der Waals surface area contributed by atoms with Crippen molar-refractivity contribution in [1.29, 1.82) is 0 Å². The van der Waals surface area contributed by atoms with Crippen LogP contribution < -0.4 is 4.72 Å². The normalized spacial score (nSPS) is 13.8. The first-order chi connectivity index (χ1) is 8.76. The van der Waals surface area contributed by atoms with E-state index in [0.29, 0.717) is 12.0 Å². The van der Waals surface area contributed by atoms with Gasteiger partial charge in [-0.15, -0.1) is 0 Å². The number of aliphatic hydroxyl groups is 1. The number of aliphatic hydroxyl groups excluding tert-OH is 1. The summed E-state index contributed by atoms with van der Waals surface area (Å²) in [6.45, 7) is 5.14. The molecular formula is C13H20FNO3S. The number of halogens is 1. The molecule has 1 atom stereocenters. The highest BCUT2D eigenvalue weighted by molar-refractivity contribution is 7.89. The van der Waals surface area contributed by atoms with E-state index in [1.54, 1.807) is 6.92 Å². The Kier molecular flexibility index (Phi) is 5.46. The average molecular weight is 289 g/mol. The molecule has 0 bridgehead atoms. The van der Waals surface area contributed by atoms with Crippen LogP contribution in [-0.4, -0.2) is 26.2 Å². The number of aryl methyl sites for hydroxylation is 1. The molecule has 1 aromatic carbocycles. The van der Waals surface area contributed by atoms with Gasteiger partial charge in [-0.2, -0.15) is 0 Å². The lowest BCUT2D eigenvalue weighted by atomic mass is 10.1. The van der Waals surface area contributed by atoms with Crippen LogP contribution in [0, 0.1) is 18.7 Å². The molecule has 0 spiro atoms. The van der Waals surface area contributed by atoms with E-state index in [-0.39, 0.29) is 17.4 Å². The van der Waals surface area contributed by atoms with Gasteiger partial charge in [0.05, 0.1) is 11.5 Å². The summed E-state index contributed by atoms with van der Waals surface area (Å²) in [7, 11) is -3.81. The van der Waals surface area contributed by atoms with Crippen molar-refractivity contribution in [3.63, 3.8) is 0 Å². The third-order valence-electron chi connectivity index (χ3n) is 2.75. The lowest BCUT2D eigenvalue weighted by molar-refractivity contribution is 0.240. The topological polar surface area (TPSA) is 66.4 Å². The number of nitrogens with one attached hydrogen (secondary N) is 1. The number of benzene rings is 1. The monoisotopic (exact) mass is 289 g/mol. The summed E-state index contributed by atoms with van der Waals surface area (Å²) < 4.78 is 39.9. The van der Waals surface area contributed by atoms with Gasteiger partial charge < -0.3 is 5.11 Å². The minimum Gasteiger partial charge on any atom is -0.395 e. The molecule has 0 aliphatic rings. The minimum absolute atomic E-state index is 0.127. The van der Waals surface area contributed by atoms with Gasteiger partial charge in [-0.1, -0.05) is 19.9 Å². The van der Waals surface area contributed by atoms with Crippen LogP contribution in [0.1, 0.15) is 25.8 Å². The molecule has 0 saturated carbocycles. The highest BCUT2D eigenvalue weighted by Gasteiger charge is 2.21. The molecule has 0 fully saturated rings. The molecule has 1 rings (SSSR count). The Morgan fingerprint density at radius 2 is 2.00 bits per heavy atom. The highest BCUT2D eigenvalue weighted by Crippen LogP contribution is 2.15. The zero-order chi connectivity index (χ0) is 14.6. The number of hydrogen-bond donors (Lipinski definition) is 2. The first-order valence-electron chi connectivity index (χ1n) is 6.15. The molecule has 0 saturated heterocycles. The predicted molar refractivity (Wildman–Crippen MR) is 71.8 cm³/mol. The molecule has 1 unspecified atom stereocenters. The summed E-state index contributed by atoms with van der Waals surface area (Å²) in [5, 5.41) is 9.18. The first kappa shape index (κ1) is 16.1. The number of sulfonamides is 1. The fourth-order valence-corrected chi connectivity index (χ4v) is 3.01. The van der Waals surface area contributed by atoms with Gasteiger partial charge in [0.25, 0.3) is 0 Å². The van der Waals surface area contributed by atoms with E-state index in [4.69, 9.17) is 0 Å². The number of rotatable bonds is 6. The molecule has 0 aliphatic heterocycles. The second kappa shape index (κ2) is 6.45. The third kappa shape index (κ3) is 4.56. The van der Waals surface area contributed by atoms with Gasteiger partial charge in [-0.3, -0.25) is 0 Å². The van der Waals surface area contributed by atoms with E-state index in [0.717, 1.165) is 6.07 Å². The second-order valence-corrected chi connectivity index (χ2v) is 6.76. The summed E-state index contributed by atoms with van der Waals surface area (Å²) in [5.41, 5.74) is 0.389. The summed E-state index contributed by atoms with van der Waals surface area (Å²) in [5.74, 6) is -0.318. The Morgan fingerprint density at radius 3 is 2.47 bits per heavy atom. The van der Waals surface area contributed by atoms with Crippen molar-refractivity contribution in [2.24, 2.45) is 5.92 Å². The van der Waals surface area contributed by atoms with Crippen LogP contribution in [-0.2, 0) is 10.0 Å². The van der Waals surface area contributed by atoms with Crippen LogP contribution in [0.2, 0.25) is 0 Å². The van der Waals surface area contributed by atoms with Crippen LogP contribution in [0.3, 0.4) is 0 Å². The Hall–Kier alpha value is -0.980. The summed E-state index contributed by atoms with van der Waals surface area (Å²) in [4.78, 5) is -0.127. The van der Waals surface area contributed by atoms with Gasteiger partial charge in [-0.05, 0) is 37.0 Å². The molecule has 0 radical (unpaired) electrons. The van der Waals surface area contributed by atoms with Crippen molar-refractivity contribution in [1.82, 2.24) is 4.72 Å². The molecule has 108 valence electrons. The van der Waals surface area contributed by atoms with Crippen LogP contribution in [0.5, 0.6) is 0 Å². The first-order valence-corrected chi connectivity index (χ1v) is 7.64. The van der Waals surface area contributed by atoms with Gasteiger partial charge in [0.2, 0.25) is 10.0 Å². The number of hydrogen-bond acceptors (Lipinski definition) is 3. The minimum atomic E-state index is -3.81. The summed E-state index contributed by atoms with van der Waals surface area (Å²) in [6.07, 6.45) is 0.518. The maximum atomic E-state index is 13.4.